The second kappa shape index (κ2) is 13.7. The third-order valence-corrected chi connectivity index (χ3v) is 5.24. The highest BCUT2D eigenvalue weighted by molar-refractivity contribution is 14.0. The third kappa shape index (κ3) is 8.82. The standard InChI is InChI=1S/C16H33N3OS.HI/c1-4-6-13(9-10-20)12-18-16(17-5-2)19-14-7-8-15(11-14)21-3;/h13-15,20H,4-12H2,1-3H3,(H2,17,18,19);1H. The predicted molar refractivity (Wildman–Crippen MR) is 110 cm³/mol. The Kier molecular flexibility index (Phi) is 13.9. The zero-order chi connectivity index (χ0) is 15.5. The van der Waals surface area contributed by atoms with Gasteiger partial charge in [-0.1, -0.05) is 13.3 Å². The Labute approximate surface area is 157 Å². The maximum atomic E-state index is 9.14. The number of aliphatic hydroxyl groups is 1. The topological polar surface area (TPSA) is 56.7 Å². The fourth-order valence-corrected chi connectivity index (χ4v) is 3.73. The number of nitrogens with zero attached hydrogens (tertiary/aromatic N) is 1. The normalized spacial score (nSPS) is 23.0. The molecule has 3 N–H and O–H groups in total. The first-order chi connectivity index (χ1) is 10.2. The van der Waals surface area contributed by atoms with Crippen molar-refractivity contribution in [3.63, 3.8) is 0 Å². The van der Waals surface area contributed by atoms with Crippen molar-refractivity contribution in [3.05, 3.63) is 0 Å². The Hall–Kier alpha value is 0.310. The van der Waals surface area contributed by atoms with Crippen LogP contribution >= 0.6 is 35.7 Å². The van der Waals surface area contributed by atoms with Crippen molar-refractivity contribution in [2.45, 2.75) is 63.7 Å². The number of guanidine groups is 1. The van der Waals surface area contributed by atoms with Crippen LogP contribution in [0.4, 0.5) is 0 Å². The summed E-state index contributed by atoms with van der Waals surface area (Å²) >= 11 is 1.98. The summed E-state index contributed by atoms with van der Waals surface area (Å²) < 4.78 is 0. The monoisotopic (exact) mass is 443 g/mol. The van der Waals surface area contributed by atoms with Crippen molar-refractivity contribution in [1.29, 1.82) is 0 Å². The second-order valence-corrected chi connectivity index (χ2v) is 7.04. The van der Waals surface area contributed by atoms with Crippen LogP contribution in [0.15, 0.2) is 4.99 Å². The van der Waals surface area contributed by atoms with E-state index in [2.05, 4.69) is 30.7 Å². The summed E-state index contributed by atoms with van der Waals surface area (Å²) in [5.41, 5.74) is 0. The third-order valence-electron chi connectivity index (χ3n) is 4.14. The highest BCUT2D eigenvalue weighted by Crippen LogP contribution is 2.28. The molecule has 0 aromatic rings. The van der Waals surface area contributed by atoms with E-state index in [-0.39, 0.29) is 30.6 Å². The fourth-order valence-electron chi connectivity index (χ4n) is 2.94. The van der Waals surface area contributed by atoms with E-state index >= 15 is 0 Å². The quantitative estimate of drug-likeness (QED) is 0.291. The van der Waals surface area contributed by atoms with E-state index in [4.69, 9.17) is 10.1 Å². The van der Waals surface area contributed by atoms with Gasteiger partial charge in [0.15, 0.2) is 5.96 Å². The number of halogens is 1. The van der Waals surface area contributed by atoms with Crippen LogP contribution in [-0.4, -0.2) is 48.3 Å². The zero-order valence-corrected chi connectivity index (χ0v) is 17.5. The smallest absolute Gasteiger partial charge is 0.191 e. The molecule has 0 radical (unpaired) electrons. The molecule has 1 fully saturated rings. The molecule has 4 nitrogen and oxygen atoms in total. The highest BCUT2D eigenvalue weighted by atomic mass is 127. The maximum absolute atomic E-state index is 9.14. The van der Waals surface area contributed by atoms with Crippen LogP contribution in [0.5, 0.6) is 0 Å². The van der Waals surface area contributed by atoms with Gasteiger partial charge in [0.1, 0.15) is 0 Å². The van der Waals surface area contributed by atoms with Crippen LogP contribution in [0.25, 0.3) is 0 Å². The molecule has 0 aliphatic heterocycles. The van der Waals surface area contributed by atoms with Gasteiger partial charge in [0, 0.05) is 31.0 Å². The van der Waals surface area contributed by atoms with E-state index in [1.807, 2.05) is 11.8 Å². The molecule has 1 aliphatic carbocycles. The molecule has 6 heteroatoms. The molecule has 1 saturated carbocycles. The Bertz CT molecular complexity index is 299. The molecule has 0 heterocycles. The van der Waals surface area contributed by atoms with Crippen molar-refractivity contribution in [2.24, 2.45) is 10.9 Å². The molecule has 0 amide bonds. The van der Waals surface area contributed by atoms with Crippen LogP contribution in [0.3, 0.4) is 0 Å². The minimum atomic E-state index is 0. The first-order valence-corrected chi connectivity index (χ1v) is 9.70. The summed E-state index contributed by atoms with van der Waals surface area (Å²) in [5, 5.41) is 16.9. The maximum Gasteiger partial charge on any atom is 0.191 e. The van der Waals surface area contributed by atoms with Gasteiger partial charge in [-0.05, 0) is 51.2 Å². The van der Waals surface area contributed by atoms with Gasteiger partial charge in [-0.3, -0.25) is 4.99 Å². The summed E-state index contributed by atoms with van der Waals surface area (Å²) in [6, 6.07) is 0.558. The molecular weight excluding hydrogens is 409 g/mol. The average molecular weight is 443 g/mol. The van der Waals surface area contributed by atoms with E-state index in [0.29, 0.717) is 12.0 Å². The van der Waals surface area contributed by atoms with Crippen molar-refractivity contribution in [1.82, 2.24) is 10.6 Å². The van der Waals surface area contributed by atoms with Gasteiger partial charge >= 0.3 is 0 Å². The molecule has 0 bridgehead atoms. The molecule has 132 valence electrons. The summed E-state index contributed by atoms with van der Waals surface area (Å²) in [5.74, 6) is 1.45. The lowest BCUT2D eigenvalue weighted by Crippen LogP contribution is -2.42. The summed E-state index contributed by atoms with van der Waals surface area (Å²) in [6.07, 6.45) is 9.14. The van der Waals surface area contributed by atoms with Gasteiger partial charge in [0.2, 0.25) is 0 Å². The van der Waals surface area contributed by atoms with E-state index < -0.39 is 0 Å². The highest BCUT2D eigenvalue weighted by Gasteiger charge is 2.24. The van der Waals surface area contributed by atoms with Gasteiger partial charge < -0.3 is 15.7 Å². The number of hydrogen-bond acceptors (Lipinski definition) is 3. The summed E-state index contributed by atoms with van der Waals surface area (Å²) in [6.45, 7) is 6.26. The predicted octanol–water partition coefficient (Wildman–Crippen LogP) is 3.24. The number of rotatable bonds is 9. The number of aliphatic hydroxyl groups excluding tert-OH is 1. The van der Waals surface area contributed by atoms with Crippen molar-refractivity contribution in [3.8, 4) is 0 Å². The largest absolute Gasteiger partial charge is 0.396 e. The molecule has 0 spiro atoms. The lowest BCUT2D eigenvalue weighted by atomic mass is 10.0. The summed E-state index contributed by atoms with van der Waals surface area (Å²) in [4.78, 5) is 4.74. The van der Waals surface area contributed by atoms with Crippen LogP contribution in [0.2, 0.25) is 0 Å². The molecule has 3 unspecified atom stereocenters. The van der Waals surface area contributed by atoms with Crippen molar-refractivity contribution in [2.75, 3.05) is 26.0 Å². The van der Waals surface area contributed by atoms with Crippen LogP contribution < -0.4 is 10.6 Å². The first-order valence-electron chi connectivity index (χ1n) is 8.41. The Morgan fingerprint density at radius 2 is 2.09 bits per heavy atom. The lowest BCUT2D eigenvalue weighted by Gasteiger charge is -2.19. The molecule has 0 aromatic carbocycles. The fraction of sp³-hybridized carbons (Fsp3) is 0.938. The van der Waals surface area contributed by atoms with Crippen LogP contribution in [0, 0.1) is 5.92 Å². The SMILES string of the molecule is CCCC(CCO)CN=C(NCC)NC1CCC(SC)C1.I. The molecule has 0 saturated heterocycles. The Morgan fingerprint density at radius 3 is 2.64 bits per heavy atom. The van der Waals surface area contributed by atoms with E-state index in [1.54, 1.807) is 0 Å². The number of hydrogen-bond donors (Lipinski definition) is 3. The summed E-state index contributed by atoms with van der Waals surface area (Å²) in [7, 11) is 0. The minimum absolute atomic E-state index is 0. The zero-order valence-electron chi connectivity index (χ0n) is 14.3. The van der Waals surface area contributed by atoms with Gasteiger partial charge in [-0.25, -0.2) is 0 Å². The van der Waals surface area contributed by atoms with Crippen LogP contribution in [-0.2, 0) is 0 Å². The van der Waals surface area contributed by atoms with Crippen molar-refractivity contribution >= 4 is 41.7 Å². The number of aliphatic imine (C=N–C) groups is 1. The van der Waals surface area contributed by atoms with E-state index in [1.165, 1.54) is 19.3 Å². The van der Waals surface area contributed by atoms with Crippen molar-refractivity contribution < 1.29 is 5.11 Å². The average Bonchev–Trinajstić information content (AvgIpc) is 2.93. The molecule has 1 aliphatic rings. The van der Waals surface area contributed by atoms with Crippen LogP contribution in [0.1, 0.15) is 52.4 Å². The number of thioether (sulfide) groups is 1. The second-order valence-electron chi connectivity index (χ2n) is 5.90. The molecule has 3 atom stereocenters. The van der Waals surface area contributed by atoms with Gasteiger partial charge in [-0.15, -0.1) is 24.0 Å². The van der Waals surface area contributed by atoms with E-state index in [9.17, 15) is 0 Å². The number of nitrogens with one attached hydrogen (secondary N) is 2. The van der Waals surface area contributed by atoms with Gasteiger partial charge in [0.05, 0.1) is 0 Å². The molecule has 1 rings (SSSR count). The Balaban J connectivity index is 0.00000441. The molecular formula is C16H34IN3OS. The van der Waals surface area contributed by atoms with E-state index in [0.717, 1.165) is 43.6 Å². The molecule has 22 heavy (non-hydrogen) atoms. The molecule has 0 aromatic heterocycles. The Morgan fingerprint density at radius 1 is 1.32 bits per heavy atom. The first kappa shape index (κ1) is 22.3. The minimum Gasteiger partial charge on any atom is -0.396 e. The lowest BCUT2D eigenvalue weighted by molar-refractivity contribution is 0.253. The van der Waals surface area contributed by atoms with Gasteiger partial charge in [-0.2, -0.15) is 11.8 Å². The van der Waals surface area contributed by atoms with Gasteiger partial charge in [0.25, 0.3) is 0 Å².